The molecular formula is C15H13N3O. The molecule has 4 nitrogen and oxygen atoms in total. The summed E-state index contributed by atoms with van der Waals surface area (Å²) in [5.41, 5.74) is 4.50. The van der Waals surface area contributed by atoms with Crippen LogP contribution in [0.1, 0.15) is 21.5 Å². The van der Waals surface area contributed by atoms with Crippen molar-refractivity contribution in [3.63, 3.8) is 0 Å². The van der Waals surface area contributed by atoms with E-state index in [-0.39, 0.29) is 0 Å². The van der Waals surface area contributed by atoms with Crippen LogP contribution in [0.5, 0.6) is 0 Å². The molecule has 3 aromatic rings. The van der Waals surface area contributed by atoms with Crippen LogP contribution in [0.3, 0.4) is 0 Å². The van der Waals surface area contributed by atoms with Crippen molar-refractivity contribution in [1.82, 2.24) is 14.6 Å². The molecular weight excluding hydrogens is 238 g/mol. The summed E-state index contributed by atoms with van der Waals surface area (Å²) < 4.78 is 1.66. The molecule has 0 fully saturated rings. The quantitative estimate of drug-likeness (QED) is 0.658. The normalized spacial score (nSPS) is 10.8. The van der Waals surface area contributed by atoms with Crippen molar-refractivity contribution >= 4 is 11.9 Å². The molecule has 19 heavy (non-hydrogen) atoms. The maximum atomic E-state index is 10.9. The van der Waals surface area contributed by atoms with Crippen LogP contribution in [0.25, 0.3) is 17.0 Å². The van der Waals surface area contributed by atoms with E-state index >= 15 is 0 Å². The average Bonchev–Trinajstić information content (AvgIpc) is 2.84. The van der Waals surface area contributed by atoms with Crippen molar-refractivity contribution in [1.29, 1.82) is 0 Å². The Morgan fingerprint density at radius 1 is 1.16 bits per heavy atom. The van der Waals surface area contributed by atoms with Gasteiger partial charge in [-0.3, -0.25) is 4.79 Å². The monoisotopic (exact) mass is 251 g/mol. The van der Waals surface area contributed by atoms with Crippen molar-refractivity contribution in [2.45, 2.75) is 13.8 Å². The van der Waals surface area contributed by atoms with E-state index in [0.29, 0.717) is 11.4 Å². The first kappa shape index (κ1) is 11.6. The third kappa shape index (κ3) is 2.01. The Bertz CT molecular complexity index is 757. The number of aromatic nitrogens is 3. The fourth-order valence-electron chi connectivity index (χ4n) is 2.06. The van der Waals surface area contributed by atoms with Crippen LogP contribution in [0, 0.1) is 13.8 Å². The van der Waals surface area contributed by atoms with Gasteiger partial charge in [-0.05, 0) is 25.5 Å². The zero-order chi connectivity index (χ0) is 13.4. The highest BCUT2D eigenvalue weighted by Gasteiger charge is 2.09. The summed E-state index contributed by atoms with van der Waals surface area (Å²) in [4.78, 5) is 15.4. The molecule has 1 aromatic carbocycles. The van der Waals surface area contributed by atoms with Crippen molar-refractivity contribution in [2.75, 3.05) is 0 Å². The minimum absolute atomic E-state index is 0.602. The van der Waals surface area contributed by atoms with Gasteiger partial charge in [-0.25, -0.2) is 9.50 Å². The largest absolute Gasteiger partial charge is 0.298 e. The van der Waals surface area contributed by atoms with Crippen LogP contribution in [0.4, 0.5) is 0 Å². The van der Waals surface area contributed by atoms with Crippen LogP contribution in [-0.2, 0) is 0 Å². The van der Waals surface area contributed by atoms with Gasteiger partial charge in [-0.2, -0.15) is 0 Å². The van der Waals surface area contributed by atoms with E-state index in [0.717, 1.165) is 23.1 Å². The highest BCUT2D eigenvalue weighted by atomic mass is 16.1. The number of aryl methyl sites for hydroxylation is 2. The number of hydrogen-bond acceptors (Lipinski definition) is 3. The maximum absolute atomic E-state index is 10.9. The number of carbonyl (C=O) groups is 1. The molecule has 0 radical (unpaired) electrons. The molecule has 4 heteroatoms. The van der Waals surface area contributed by atoms with Gasteiger partial charge in [0, 0.05) is 17.3 Å². The second-order valence-electron chi connectivity index (χ2n) is 4.64. The van der Waals surface area contributed by atoms with Gasteiger partial charge in [0.1, 0.15) is 0 Å². The molecule has 0 aliphatic heterocycles. The van der Waals surface area contributed by atoms with Crippen molar-refractivity contribution in [3.05, 3.63) is 53.2 Å². The SMILES string of the molecule is Cc1ccc(-c2nc3c(C)cc(C=O)cn3n2)cc1. The predicted molar refractivity (Wildman–Crippen MR) is 73.3 cm³/mol. The van der Waals surface area contributed by atoms with E-state index in [1.165, 1.54) is 5.56 Å². The summed E-state index contributed by atoms with van der Waals surface area (Å²) in [5, 5.41) is 4.43. The van der Waals surface area contributed by atoms with E-state index in [2.05, 4.69) is 10.1 Å². The molecule has 0 unspecified atom stereocenters. The molecule has 0 amide bonds. The van der Waals surface area contributed by atoms with Crippen molar-refractivity contribution < 1.29 is 4.79 Å². The zero-order valence-corrected chi connectivity index (χ0v) is 10.8. The van der Waals surface area contributed by atoms with Crippen molar-refractivity contribution in [3.8, 4) is 11.4 Å². The molecule has 2 aromatic heterocycles. The summed E-state index contributed by atoms with van der Waals surface area (Å²) in [6.07, 6.45) is 2.51. The predicted octanol–water partition coefficient (Wildman–Crippen LogP) is 2.83. The van der Waals surface area contributed by atoms with Gasteiger partial charge in [0.15, 0.2) is 17.8 Å². The second-order valence-corrected chi connectivity index (χ2v) is 4.64. The average molecular weight is 251 g/mol. The first-order chi connectivity index (χ1) is 9.17. The van der Waals surface area contributed by atoms with Gasteiger partial charge in [0.25, 0.3) is 0 Å². The van der Waals surface area contributed by atoms with Crippen LogP contribution in [-0.4, -0.2) is 20.9 Å². The highest BCUT2D eigenvalue weighted by molar-refractivity contribution is 5.76. The Labute approximate surface area is 110 Å². The lowest BCUT2D eigenvalue weighted by molar-refractivity contribution is 0.112. The third-order valence-corrected chi connectivity index (χ3v) is 3.08. The summed E-state index contributed by atoms with van der Waals surface area (Å²) in [6, 6.07) is 9.88. The van der Waals surface area contributed by atoms with E-state index < -0.39 is 0 Å². The molecule has 0 saturated heterocycles. The van der Waals surface area contributed by atoms with Gasteiger partial charge in [0.05, 0.1) is 0 Å². The lowest BCUT2D eigenvalue weighted by Crippen LogP contribution is -1.93. The minimum atomic E-state index is 0.602. The Morgan fingerprint density at radius 2 is 1.89 bits per heavy atom. The first-order valence-corrected chi connectivity index (χ1v) is 6.06. The van der Waals surface area contributed by atoms with Gasteiger partial charge < -0.3 is 0 Å². The van der Waals surface area contributed by atoms with E-state index in [4.69, 9.17) is 0 Å². The minimum Gasteiger partial charge on any atom is -0.298 e. The number of benzene rings is 1. The number of fused-ring (bicyclic) bond motifs is 1. The number of aldehydes is 1. The van der Waals surface area contributed by atoms with Crippen LogP contribution in [0.15, 0.2) is 36.5 Å². The van der Waals surface area contributed by atoms with E-state index in [9.17, 15) is 4.79 Å². The molecule has 0 spiro atoms. The highest BCUT2D eigenvalue weighted by Crippen LogP contribution is 2.18. The number of pyridine rings is 1. The summed E-state index contributed by atoms with van der Waals surface area (Å²) in [6.45, 7) is 3.97. The lowest BCUT2D eigenvalue weighted by atomic mass is 10.1. The smallest absolute Gasteiger partial charge is 0.182 e. The number of hydrogen-bond donors (Lipinski definition) is 0. The Kier molecular flexibility index (Phi) is 2.63. The Morgan fingerprint density at radius 3 is 2.58 bits per heavy atom. The summed E-state index contributed by atoms with van der Waals surface area (Å²) >= 11 is 0. The summed E-state index contributed by atoms with van der Waals surface area (Å²) in [7, 11) is 0. The number of carbonyl (C=O) groups excluding carboxylic acids is 1. The molecule has 3 rings (SSSR count). The first-order valence-electron chi connectivity index (χ1n) is 6.06. The fraction of sp³-hybridized carbons (Fsp3) is 0.133. The number of nitrogens with zero attached hydrogens (tertiary/aromatic N) is 3. The summed E-state index contributed by atoms with van der Waals surface area (Å²) in [5.74, 6) is 0.672. The third-order valence-electron chi connectivity index (χ3n) is 3.08. The molecule has 0 aliphatic rings. The zero-order valence-electron chi connectivity index (χ0n) is 10.8. The van der Waals surface area contributed by atoms with Crippen LogP contribution >= 0.6 is 0 Å². The number of rotatable bonds is 2. The van der Waals surface area contributed by atoms with Crippen molar-refractivity contribution in [2.24, 2.45) is 0 Å². The van der Waals surface area contributed by atoms with E-state index in [1.807, 2.05) is 44.2 Å². The van der Waals surface area contributed by atoms with Gasteiger partial charge >= 0.3 is 0 Å². The molecule has 0 atom stereocenters. The maximum Gasteiger partial charge on any atom is 0.182 e. The topological polar surface area (TPSA) is 47.3 Å². The molecule has 94 valence electrons. The molecule has 0 bridgehead atoms. The van der Waals surface area contributed by atoms with Gasteiger partial charge in [-0.1, -0.05) is 29.8 Å². The lowest BCUT2D eigenvalue weighted by Gasteiger charge is -1.96. The van der Waals surface area contributed by atoms with Gasteiger partial charge in [-0.15, -0.1) is 5.10 Å². The Hall–Kier alpha value is -2.49. The molecule has 0 saturated carbocycles. The van der Waals surface area contributed by atoms with Crippen LogP contribution < -0.4 is 0 Å². The fourth-order valence-corrected chi connectivity index (χ4v) is 2.06. The van der Waals surface area contributed by atoms with Crippen LogP contribution in [0.2, 0.25) is 0 Å². The molecule has 0 aliphatic carbocycles. The van der Waals surface area contributed by atoms with Gasteiger partial charge in [0.2, 0.25) is 0 Å². The van der Waals surface area contributed by atoms with E-state index in [1.54, 1.807) is 10.7 Å². The molecule has 0 N–H and O–H groups in total. The molecule has 2 heterocycles. The Balaban J connectivity index is 2.18. The second kappa shape index (κ2) is 4.31. The standard InChI is InChI=1S/C15H13N3O/c1-10-3-5-13(6-4-10)14-16-15-11(2)7-12(9-19)8-18(15)17-14/h3-9H,1-2H3.